The molecule has 0 spiro atoms. The molecular formula is C6H8FO3S-. The zero-order chi connectivity index (χ0) is 8.91. The summed E-state index contributed by atoms with van der Waals surface area (Å²) < 4.78 is 42.5. The van der Waals surface area contributed by atoms with Gasteiger partial charge in [-0.25, -0.2) is 8.42 Å². The van der Waals surface area contributed by atoms with Crippen molar-refractivity contribution in [1.29, 1.82) is 0 Å². The quantitative estimate of drug-likeness (QED) is 0.460. The molecule has 0 rings (SSSR count). The lowest BCUT2D eigenvalue weighted by Gasteiger charge is -2.16. The third-order valence-electron chi connectivity index (χ3n) is 1.18. The first-order valence-electron chi connectivity index (χ1n) is 2.96. The molecule has 0 fully saturated rings. The number of alkyl halides is 1. The van der Waals surface area contributed by atoms with Gasteiger partial charge in [0.25, 0.3) is 0 Å². The predicted octanol–water partition coefficient (Wildman–Crippen LogP) is 0.283. The van der Waals surface area contributed by atoms with Gasteiger partial charge in [0.1, 0.15) is 0 Å². The number of hydrogen-bond acceptors (Lipinski definition) is 3. The van der Waals surface area contributed by atoms with E-state index < -0.39 is 22.0 Å². The lowest BCUT2D eigenvalue weighted by molar-refractivity contribution is 0.418. The van der Waals surface area contributed by atoms with Gasteiger partial charge < -0.3 is 4.55 Å². The van der Waals surface area contributed by atoms with Gasteiger partial charge in [-0.1, -0.05) is 0 Å². The third kappa shape index (κ3) is 3.96. The fourth-order valence-corrected chi connectivity index (χ4v) is 1.28. The lowest BCUT2D eigenvalue weighted by atomic mass is 10.2. The number of rotatable bonds is 4. The minimum absolute atomic E-state index is 0.213. The largest absolute Gasteiger partial charge is 0.748 e. The van der Waals surface area contributed by atoms with Gasteiger partial charge in [0.05, 0.1) is 22.0 Å². The second kappa shape index (κ2) is 4.31. The number of hydrogen-bond donors (Lipinski definition) is 0. The standard InChI is InChI=1S/C6H9FO3S/c1-2-3-6(4-5-7)11(8,9)10/h1,6H,3-5H2,(H,8,9,10)/p-1. The van der Waals surface area contributed by atoms with Crippen LogP contribution in [0.25, 0.3) is 0 Å². The Hall–Kier alpha value is -0.600. The zero-order valence-corrected chi connectivity index (χ0v) is 6.60. The Morgan fingerprint density at radius 2 is 2.18 bits per heavy atom. The van der Waals surface area contributed by atoms with Gasteiger partial charge in [-0.3, -0.25) is 4.39 Å². The highest BCUT2D eigenvalue weighted by atomic mass is 32.2. The van der Waals surface area contributed by atoms with Crippen LogP contribution >= 0.6 is 0 Å². The summed E-state index contributed by atoms with van der Waals surface area (Å²) in [5.74, 6) is 2.01. The molecule has 0 aromatic carbocycles. The first kappa shape index (κ1) is 10.4. The summed E-state index contributed by atoms with van der Waals surface area (Å²) in [4.78, 5) is 0. The van der Waals surface area contributed by atoms with Crippen LogP contribution in [0.4, 0.5) is 4.39 Å². The average molecular weight is 179 g/mol. The van der Waals surface area contributed by atoms with Crippen LogP contribution in [0.1, 0.15) is 12.8 Å². The first-order valence-corrected chi connectivity index (χ1v) is 4.43. The molecule has 0 aliphatic carbocycles. The maximum atomic E-state index is 11.6. The highest BCUT2D eigenvalue weighted by molar-refractivity contribution is 7.86. The summed E-state index contributed by atoms with van der Waals surface area (Å²) in [6.45, 7) is -0.839. The SMILES string of the molecule is C#CCC(CCF)S(=O)(=O)[O-]. The van der Waals surface area contributed by atoms with E-state index in [1.165, 1.54) is 0 Å². The highest BCUT2D eigenvalue weighted by Gasteiger charge is 2.13. The molecule has 3 nitrogen and oxygen atoms in total. The third-order valence-corrected chi connectivity index (χ3v) is 2.40. The summed E-state index contributed by atoms with van der Waals surface area (Å²) in [5, 5.41) is -1.27. The Morgan fingerprint density at radius 1 is 1.64 bits per heavy atom. The number of terminal acetylenes is 1. The van der Waals surface area contributed by atoms with Crippen LogP contribution in [0, 0.1) is 12.3 Å². The van der Waals surface area contributed by atoms with Crippen molar-refractivity contribution < 1.29 is 17.4 Å². The van der Waals surface area contributed by atoms with Crippen LogP contribution in [0.5, 0.6) is 0 Å². The van der Waals surface area contributed by atoms with E-state index in [4.69, 9.17) is 6.42 Å². The summed E-state index contributed by atoms with van der Waals surface area (Å²) >= 11 is 0. The molecule has 1 atom stereocenters. The summed E-state index contributed by atoms with van der Waals surface area (Å²) in [6.07, 6.45) is 4.26. The van der Waals surface area contributed by atoms with Crippen LogP contribution in [-0.4, -0.2) is 24.9 Å². The molecule has 0 N–H and O–H groups in total. The van der Waals surface area contributed by atoms with Crippen molar-refractivity contribution in [1.82, 2.24) is 0 Å². The van der Waals surface area contributed by atoms with E-state index in [0.717, 1.165) is 0 Å². The van der Waals surface area contributed by atoms with E-state index in [0.29, 0.717) is 0 Å². The molecule has 0 bridgehead atoms. The van der Waals surface area contributed by atoms with Gasteiger partial charge in [0, 0.05) is 6.42 Å². The fourth-order valence-electron chi connectivity index (χ4n) is 0.602. The molecule has 0 aromatic heterocycles. The molecule has 0 radical (unpaired) electrons. The normalized spacial score (nSPS) is 13.9. The Labute approximate surface area is 65.4 Å². The minimum atomic E-state index is -4.42. The van der Waals surface area contributed by atoms with Crippen LogP contribution in [0.2, 0.25) is 0 Å². The Balaban J connectivity index is 4.25. The van der Waals surface area contributed by atoms with Crippen LogP contribution in [0.3, 0.4) is 0 Å². The van der Waals surface area contributed by atoms with Crippen LogP contribution < -0.4 is 0 Å². The van der Waals surface area contributed by atoms with E-state index in [2.05, 4.69) is 0 Å². The molecule has 1 unspecified atom stereocenters. The second-order valence-electron chi connectivity index (χ2n) is 2.00. The molecule has 0 saturated carbocycles. The Kier molecular flexibility index (Phi) is 4.08. The van der Waals surface area contributed by atoms with E-state index >= 15 is 0 Å². The molecule has 0 saturated heterocycles. The summed E-state index contributed by atoms with van der Waals surface area (Å²) in [5.41, 5.74) is 0. The van der Waals surface area contributed by atoms with Crippen molar-refractivity contribution in [3.63, 3.8) is 0 Å². The van der Waals surface area contributed by atoms with Crippen molar-refractivity contribution in [2.24, 2.45) is 0 Å². The van der Waals surface area contributed by atoms with E-state index in [1.807, 2.05) is 5.92 Å². The van der Waals surface area contributed by atoms with E-state index in [9.17, 15) is 17.4 Å². The molecule has 64 valence electrons. The van der Waals surface area contributed by atoms with Crippen molar-refractivity contribution in [2.45, 2.75) is 18.1 Å². The van der Waals surface area contributed by atoms with Gasteiger partial charge in [-0.15, -0.1) is 12.3 Å². The van der Waals surface area contributed by atoms with Gasteiger partial charge in [0.2, 0.25) is 0 Å². The maximum absolute atomic E-state index is 11.6. The van der Waals surface area contributed by atoms with Crippen LogP contribution in [0.15, 0.2) is 0 Å². The van der Waals surface area contributed by atoms with Crippen molar-refractivity contribution in [2.75, 3.05) is 6.67 Å². The van der Waals surface area contributed by atoms with Crippen LogP contribution in [-0.2, 0) is 10.1 Å². The van der Waals surface area contributed by atoms with E-state index in [1.54, 1.807) is 0 Å². The van der Waals surface area contributed by atoms with E-state index in [-0.39, 0.29) is 12.8 Å². The zero-order valence-electron chi connectivity index (χ0n) is 5.79. The van der Waals surface area contributed by atoms with Crippen molar-refractivity contribution >= 4 is 10.1 Å². The smallest absolute Gasteiger partial charge is 0.0985 e. The summed E-state index contributed by atoms with van der Waals surface area (Å²) in [7, 11) is -4.42. The lowest BCUT2D eigenvalue weighted by Crippen LogP contribution is -2.20. The van der Waals surface area contributed by atoms with Gasteiger partial charge in [-0.2, -0.15) is 0 Å². The average Bonchev–Trinajstić information content (AvgIpc) is 1.85. The molecule has 0 aromatic rings. The second-order valence-corrected chi connectivity index (χ2v) is 3.65. The molecular weight excluding hydrogens is 171 g/mol. The topological polar surface area (TPSA) is 57.2 Å². The van der Waals surface area contributed by atoms with Gasteiger partial charge in [-0.05, 0) is 6.42 Å². The minimum Gasteiger partial charge on any atom is -0.748 e. The summed E-state index contributed by atoms with van der Waals surface area (Å²) in [6, 6.07) is 0. The maximum Gasteiger partial charge on any atom is 0.0985 e. The monoisotopic (exact) mass is 179 g/mol. The molecule has 0 aliphatic rings. The molecule has 0 amide bonds. The Morgan fingerprint density at radius 3 is 2.45 bits per heavy atom. The predicted molar refractivity (Wildman–Crippen MR) is 37.5 cm³/mol. The molecule has 11 heavy (non-hydrogen) atoms. The molecule has 0 aliphatic heterocycles. The van der Waals surface area contributed by atoms with Gasteiger partial charge >= 0.3 is 0 Å². The molecule has 5 heteroatoms. The fraction of sp³-hybridized carbons (Fsp3) is 0.667. The first-order chi connectivity index (χ1) is 5.02. The van der Waals surface area contributed by atoms with Gasteiger partial charge in [0.15, 0.2) is 0 Å². The Bertz CT molecular complexity index is 239. The van der Waals surface area contributed by atoms with Crippen molar-refractivity contribution in [3.05, 3.63) is 0 Å². The number of halogens is 1. The highest BCUT2D eigenvalue weighted by Crippen LogP contribution is 2.07. The molecule has 0 heterocycles. The van der Waals surface area contributed by atoms with Crippen molar-refractivity contribution in [3.8, 4) is 12.3 Å².